The van der Waals surface area contributed by atoms with E-state index in [0.717, 1.165) is 57.8 Å². The smallest absolute Gasteiger partial charge is 0.362 e. The molecule has 0 rings (SSSR count). The number of aliphatic carboxylic acids is 1. The maximum atomic E-state index is 12.7. The van der Waals surface area contributed by atoms with Crippen LogP contribution in [-0.2, 0) is 28.6 Å². The molecule has 8 heteroatoms. The van der Waals surface area contributed by atoms with Crippen molar-refractivity contribution < 1.29 is 38.2 Å². The monoisotopic (exact) mass is 785 g/mol. The van der Waals surface area contributed by atoms with Crippen LogP contribution >= 0.6 is 0 Å². The SMILES string of the molecule is CC/C=C/C/C=C/C/C=C/C/C=C/C/C=C/CCCC(=O)OC(COCCC(C(=O)O)[N+](C)(C)C)COC(=O)CCCCCCCCC/C=C/CCCCCC. The lowest BCUT2D eigenvalue weighted by atomic mass is 10.1. The zero-order valence-electron chi connectivity index (χ0n) is 36.3. The number of likely N-dealkylation sites (N-methyl/N-ethyl adjacent to an activating group) is 1. The van der Waals surface area contributed by atoms with Gasteiger partial charge >= 0.3 is 17.9 Å². The third-order valence-corrected chi connectivity index (χ3v) is 9.34. The van der Waals surface area contributed by atoms with Gasteiger partial charge in [0.05, 0.1) is 34.4 Å². The minimum Gasteiger partial charge on any atom is -0.477 e. The van der Waals surface area contributed by atoms with E-state index in [-0.39, 0.29) is 42.7 Å². The van der Waals surface area contributed by atoms with E-state index < -0.39 is 18.1 Å². The van der Waals surface area contributed by atoms with E-state index in [0.29, 0.717) is 19.3 Å². The van der Waals surface area contributed by atoms with Gasteiger partial charge < -0.3 is 23.8 Å². The lowest BCUT2D eigenvalue weighted by Crippen LogP contribution is -2.50. The van der Waals surface area contributed by atoms with Crippen LogP contribution < -0.4 is 0 Å². The maximum absolute atomic E-state index is 12.7. The highest BCUT2D eigenvalue weighted by Gasteiger charge is 2.31. The molecule has 0 radical (unpaired) electrons. The first kappa shape index (κ1) is 52.8. The molecule has 0 aromatic rings. The van der Waals surface area contributed by atoms with Crippen LogP contribution in [0.4, 0.5) is 0 Å². The molecule has 8 nitrogen and oxygen atoms in total. The number of carbonyl (C=O) groups excluding carboxylic acids is 2. The zero-order valence-corrected chi connectivity index (χ0v) is 36.3. The first-order valence-corrected chi connectivity index (χ1v) is 22.0. The Morgan fingerprint density at radius 2 is 1.02 bits per heavy atom. The van der Waals surface area contributed by atoms with Crippen molar-refractivity contribution in [3.63, 3.8) is 0 Å². The van der Waals surface area contributed by atoms with Gasteiger partial charge in [-0.15, -0.1) is 0 Å². The number of esters is 2. The molecule has 0 amide bonds. The molecule has 0 aliphatic heterocycles. The van der Waals surface area contributed by atoms with Gasteiger partial charge in [0.1, 0.15) is 6.61 Å². The molecule has 0 fully saturated rings. The topological polar surface area (TPSA) is 99.1 Å². The van der Waals surface area contributed by atoms with Crippen molar-refractivity contribution in [2.75, 3.05) is 41.0 Å². The summed E-state index contributed by atoms with van der Waals surface area (Å²) >= 11 is 0. The fraction of sp³-hybridized carbons (Fsp3) is 0.688. The molecule has 320 valence electrons. The Balaban J connectivity index is 4.47. The summed E-state index contributed by atoms with van der Waals surface area (Å²) in [6.07, 6.45) is 48.1. The summed E-state index contributed by atoms with van der Waals surface area (Å²) in [5.74, 6) is -1.56. The van der Waals surface area contributed by atoms with Gasteiger partial charge in [-0.25, -0.2) is 4.79 Å². The molecule has 0 saturated heterocycles. The first-order valence-electron chi connectivity index (χ1n) is 22.0. The predicted molar refractivity (Wildman–Crippen MR) is 233 cm³/mol. The van der Waals surface area contributed by atoms with Gasteiger partial charge in [0.2, 0.25) is 0 Å². The number of allylic oxidation sites excluding steroid dienone is 12. The molecule has 2 unspecified atom stereocenters. The van der Waals surface area contributed by atoms with Gasteiger partial charge in [0.15, 0.2) is 12.1 Å². The van der Waals surface area contributed by atoms with Crippen LogP contribution in [0.5, 0.6) is 0 Å². The van der Waals surface area contributed by atoms with Crippen LogP contribution in [0.2, 0.25) is 0 Å². The van der Waals surface area contributed by atoms with E-state index in [1.165, 1.54) is 64.2 Å². The number of quaternary nitrogens is 1. The normalized spacial score (nSPS) is 13.7. The lowest BCUT2D eigenvalue weighted by Gasteiger charge is -2.31. The highest BCUT2D eigenvalue weighted by molar-refractivity contribution is 5.72. The van der Waals surface area contributed by atoms with Gasteiger partial charge in [0.25, 0.3) is 0 Å². The first-order chi connectivity index (χ1) is 27.1. The molecule has 0 aliphatic carbocycles. The van der Waals surface area contributed by atoms with Crippen LogP contribution in [0.3, 0.4) is 0 Å². The molecule has 56 heavy (non-hydrogen) atoms. The number of unbranched alkanes of at least 4 members (excludes halogenated alkanes) is 12. The molecule has 0 aliphatic rings. The average Bonchev–Trinajstić information content (AvgIpc) is 3.15. The van der Waals surface area contributed by atoms with Crippen molar-refractivity contribution >= 4 is 17.9 Å². The van der Waals surface area contributed by atoms with E-state index in [1.54, 1.807) is 0 Å². The van der Waals surface area contributed by atoms with E-state index in [1.807, 2.05) is 21.1 Å². The van der Waals surface area contributed by atoms with Gasteiger partial charge in [-0.2, -0.15) is 0 Å². The standard InChI is InChI=1S/C48H81NO7/c1-6-8-10-12-14-16-18-20-22-23-25-27-29-31-33-35-37-39-47(51)56-44(42-54-41-40-45(48(52)53)49(3,4)5)43-55-46(50)38-36-34-32-30-28-26-24-21-19-17-15-13-11-9-7-2/h8,10,14,16-17,19-20,22,25,27,31,33,44-45H,6-7,9,11-13,15,18,21,23-24,26,28-30,32,34-43H2,1-5H3/p+1/b10-8+,16-14+,19-17+,22-20+,27-25+,33-31+. The highest BCUT2D eigenvalue weighted by atomic mass is 16.6. The summed E-state index contributed by atoms with van der Waals surface area (Å²) < 4.78 is 17.2. The number of carboxylic acid groups (broad SMARTS) is 1. The summed E-state index contributed by atoms with van der Waals surface area (Å²) in [5, 5.41) is 9.61. The molecular weight excluding hydrogens is 703 g/mol. The number of nitrogens with zero attached hydrogens (tertiary/aromatic N) is 1. The Kier molecular flexibility index (Phi) is 36.4. The average molecular weight is 785 g/mol. The second-order valence-electron chi connectivity index (χ2n) is 15.6. The van der Waals surface area contributed by atoms with Crippen LogP contribution in [0.15, 0.2) is 72.9 Å². The molecular formula is C48H82NO7+. The quantitative estimate of drug-likeness (QED) is 0.0288. The molecule has 1 N–H and O–H groups in total. The fourth-order valence-corrected chi connectivity index (χ4v) is 5.94. The Labute approximate surface area is 342 Å². The van der Waals surface area contributed by atoms with E-state index >= 15 is 0 Å². The Bertz CT molecular complexity index is 1140. The summed E-state index contributed by atoms with van der Waals surface area (Å²) in [6, 6.07) is -0.628. The van der Waals surface area contributed by atoms with Crippen molar-refractivity contribution in [2.24, 2.45) is 0 Å². The molecule has 0 saturated carbocycles. The van der Waals surface area contributed by atoms with Crippen molar-refractivity contribution in [1.82, 2.24) is 0 Å². The van der Waals surface area contributed by atoms with Crippen LogP contribution in [-0.4, -0.2) is 80.6 Å². The van der Waals surface area contributed by atoms with Gasteiger partial charge in [-0.05, 0) is 77.0 Å². The number of hydrogen-bond acceptors (Lipinski definition) is 6. The Morgan fingerprint density at radius 3 is 1.55 bits per heavy atom. The van der Waals surface area contributed by atoms with Gasteiger partial charge in [0, 0.05) is 19.3 Å². The van der Waals surface area contributed by atoms with E-state index in [9.17, 15) is 19.5 Å². The number of hydrogen-bond donors (Lipinski definition) is 1. The van der Waals surface area contributed by atoms with Crippen molar-refractivity contribution in [2.45, 2.75) is 174 Å². The summed E-state index contributed by atoms with van der Waals surface area (Å²) in [6.45, 7) is 4.53. The van der Waals surface area contributed by atoms with Gasteiger partial charge in [-0.3, -0.25) is 9.59 Å². The molecule has 0 heterocycles. The number of carbonyl (C=O) groups is 3. The summed E-state index contributed by atoms with van der Waals surface area (Å²) in [4.78, 5) is 36.9. The lowest BCUT2D eigenvalue weighted by molar-refractivity contribution is -0.887. The second-order valence-corrected chi connectivity index (χ2v) is 15.6. The third kappa shape index (κ3) is 36.4. The number of rotatable bonds is 38. The zero-order chi connectivity index (χ0) is 41.4. The van der Waals surface area contributed by atoms with Crippen molar-refractivity contribution in [3.8, 4) is 0 Å². The summed E-state index contributed by atoms with van der Waals surface area (Å²) in [5.41, 5.74) is 0. The molecule has 0 aromatic carbocycles. The second kappa shape index (κ2) is 38.6. The van der Waals surface area contributed by atoms with Crippen LogP contribution in [0.1, 0.15) is 162 Å². The molecule has 0 bridgehead atoms. The Hall–Kier alpha value is -3.23. The molecule has 2 atom stereocenters. The largest absolute Gasteiger partial charge is 0.477 e. The Morgan fingerprint density at radius 1 is 0.554 bits per heavy atom. The minimum absolute atomic E-state index is 0.0338. The van der Waals surface area contributed by atoms with Crippen LogP contribution in [0.25, 0.3) is 0 Å². The predicted octanol–water partition coefficient (Wildman–Crippen LogP) is 12.0. The van der Waals surface area contributed by atoms with E-state index in [2.05, 4.69) is 86.8 Å². The van der Waals surface area contributed by atoms with Crippen molar-refractivity contribution in [3.05, 3.63) is 72.9 Å². The summed E-state index contributed by atoms with van der Waals surface area (Å²) in [7, 11) is 5.50. The number of carboxylic acids is 1. The van der Waals surface area contributed by atoms with E-state index in [4.69, 9.17) is 14.2 Å². The molecule has 0 spiro atoms. The third-order valence-electron chi connectivity index (χ3n) is 9.34. The van der Waals surface area contributed by atoms with Crippen LogP contribution in [0, 0.1) is 0 Å². The maximum Gasteiger partial charge on any atom is 0.362 e. The van der Waals surface area contributed by atoms with Gasteiger partial charge in [-0.1, -0.05) is 138 Å². The van der Waals surface area contributed by atoms with Crippen molar-refractivity contribution in [1.29, 1.82) is 0 Å². The fourth-order valence-electron chi connectivity index (χ4n) is 5.94. The highest BCUT2D eigenvalue weighted by Crippen LogP contribution is 2.13. The number of ether oxygens (including phenoxy) is 3. The minimum atomic E-state index is -0.887. The molecule has 0 aromatic heterocycles.